The standard InChI is InChI=1S/C6H11F2O2/c1-2-9-4-3-5-10-6(7)8/h2-5H2,1H3. The monoisotopic (exact) mass is 153 g/mol. The molecule has 0 atom stereocenters. The molecule has 0 N–H and O–H groups in total. The summed E-state index contributed by atoms with van der Waals surface area (Å²) in [6.45, 7) is 0.993. The van der Waals surface area contributed by atoms with E-state index in [-0.39, 0.29) is 6.61 Å². The van der Waals surface area contributed by atoms with E-state index in [1.807, 2.05) is 6.92 Å². The van der Waals surface area contributed by atoms with Gasteiger partial charge in [-0.1, -0.05) is 0 Å². The number of hydrogen-bond donors (Lipinski definition) is 0. The van der Waals surface area contributed by atoms with E-state index in [9.17, 15) is 8.78 Å². The molecule has 4 heteroatoms. The van der Waals surface area contributed by atoms with E-state index in [0.29, 0.717) is 19.6 Å². The predicted molar refractivity (Wildman–Crippen MR) is 32.5 cm³/mol. The molecule has 10 heavy (non-hydrogen) atoms. The maximum Gasteiger partial charge on any atom is 0.448 e. The molecule has 0 saturated carbocycles. The zero-order valence-electron chi connectivity index (χ0n) is 5.90. The fourth-order valence-corrected chi connectivity index (χ4v) is 0.455. The predicted octanol–water partition coefficient (Wildman–Crippen LogP) is 1.82. The molecule has 0 aromatic heterocycles. The Hall–Kier alpha value is -0.220. The van der Waals surface area contributed by atoms with Crippen LogP contribution in [0.5, 0.6) is 0 Å². The molecule has 0 amide bonds. The van der Waals surface area contributed by atoms with Crippen LogP contribution in [0.1, 0.15) is 13.3 Å². The summed E-state index contributed by atoms with van der Waals surface area (Å²) in [5.41, 5.74) is 0. The summed E-state index contributed by atoms with van der Waals surface area (Å²) in [7, 11) is 0. The summed E-state index contributed by atoms with van der Waals surface area (Å²) in [4.78, 5) is 0. The Morgan fingerprint density at radius 2 is 2.00 bits per heavy atom. The van der Waals surface area contributed by atoms with Crippen LogP contribution in [-0.2, 0) is 9.47 Å². The zero-order valence-corrected chi connectivity index (χ0v) is 5.90. The summed E-state index contributed by atoms with van der Waals surface area (Å²) in [5.74, 6) is 0. The Kier molecular flexibility index (Phi) is 6.74. The average Bonchev–Trinajstić information content (AvgIpc) is 1.87. The fraction of sp³-hybridized carbons (Fsp3) is 0.833. The van der Waals surface area contributed by atoms with Gasteiger partial charge in [-0.2, -0.15) is 8.78 Å². The number of halogens is 2. The van der Waals surface area contributed by atoms with Gasteiger partial charge in [-0.05, 0) is 13.3 Å². The van der Waals surface area contributed by atoms with Crippen molar-refractivity contribution in [3.63, 3.8) is 0 Å². The molecule has 0 spiro atoms. The lowest BCUT2D eigenvalue weighted by Crippen LogP contribution is -2.00. The van der Waals surface area contributed by atoms with Crippen molar-refractivity contribution >= 4 is 0 Å². The molecule has 0 heterocycles. The molecule has 0 bridgehead atoms. The summed E-state index contributed by atoms with van der Waals surface area (Å²) in [5, 5.41) is 0. The van der Waals surface area contributed by atoms with Gasteiger partial charge in [-0.25, -0.2) is 0 Å². The third-order valence-corrected chi connectivity index (χ3v) is 0.848. The van der Waals surface area contributed by atoms with Gasteiger partial charge < -0.3 is 9.47 Å². The number of hydrogen-bond acceptors (Lipinski definition) is 2. The Balaban J connectivity index is 2.77. The third kappa shape index (κ3) is 7.78. The van der Waals surface area contributed by atoms with E-state index in [1.165, 1.54) is 0 Å². The summed E-state index contributed by atoms with van der Waals surface area (Å²) in [6, 6.07) is 0. The molecule has 2 nitrogen and oxygen atoms in total. The van der Waals surface area contributed by atoms with Crippen molar-refractivity contribution in [3.8, 4) is 0 Å². The van der Waals surface area contributed by atoms with Crippen molar-refractivity contribution in [2.75, 3.05) is 19.8 Å². The number of ether oxygens (including phenoxy) is 2. The first-order valence-corrected chi connectivity index (χ1v) is 3.16. The highest BCUT2D eigenvalue weighted by Crippen LogP contribution is 2.04. The largest absolute Gasteiger partial charge is 0.448 e. The van der Waals surface area contributed by atoms with Crippen LogP contribution < -0.4 is 0 Å². The van der Waals surface area contributed by atoms with Crippen molar-refractivity contribution in [2.45, 2.75) is 13.3 Å². The fourth-order valence-electron chi connectivity index (χ4n) is 0.455. The van der Waals surface area contributed by atoms with Crippen LogP contribution in [0.3, 0.4) is 0 Å². The Labute approximate surface area is 59.1 Å². The van der Waals surface area contributed by atoms with Crippen molar-refractivity contribution in [3.05, 3.63) is 6.61 Å². The summed E-state index contributed by atoms with van der Waals surface area (Å²) >= 11 is 0. The lowest BCUT2D eigenvalue weighted by Gasteiger charge is -2.00. The van der Waals surface area contributed by atoms with Crippen LogP contribution >= 0.6 is 0 Å². The van der Waals surface area contributed by atoms with Crippen LogP contribution in [-0.4, -0.2) is 19.8 Å². The first-order chi connectivity index (χ1) is 4.77. The van der Waals surface area contributed by atoms with E-state index < -0.39 is 6.61 Å². The highest BCUT2D eigenvalue weighted by molar-refractivity contribution is 4.39. The molecule has 1 radical (unpaired) electrons. The van der Waals surface area contributed by atoms with Gasteiger partial charge in [0.15, 0.2) is 0 Å². The quantitative estimate of drug-likeness (QED) is 0.542. The molecule has 0 aromatic carbocycles. The van der Waals surface area contributed by atoms with Crippen LogP contribution in [0.25, 0.3) is 0 Å². The van der Waals surface area contributed by atoms with Crippen LogP contribution in [0.2, 0.25) is 0 Å². The normalized spacial score (nSPS) is 10.8. The molecular weight excluding hydrogens is 142 g/mol. The molecule has 0 fully saturated rings. The molecular formula is C6H11F2O2. The molecule has 0 unspecified atom stereocenters. The average molecular weight is 153 g/mol. The Morgan fingerprint density at radius 1 is 1.30 bits per heavy atom. The smallest absolute Gasteiger partial charge is 0.382 e. The van der Waals surface area contributed by atoms with Gasteiger partial charge in [-0.15, -0.1) is 0 Å². The SMILES string of the molecule is CCOCCCO[C](F)F. The van der Waals surface area contributed by atoms with E-state index in [0.717, 1.165) is 0 Å². The second kappa shape index (κ2) is 6.89. The molecule has 61 valence electrons. The topological polar surface area (TPSA) is 18.5 Å². The van der Waals surface area contributed by atoms with Gasteiger partial charge in [0.1, 0.15) is 0 Å². The minimum Gasteiger partial charge on any atom is -0.382 e. The Bertz CT molecular complexity index is 68.8. The molecule has 0 aliphatic rings. The van der Waals surface area contributed by atoms with E-state index in [4.69, 9.17) is 4.74 Å². The van der Waals surface area contributed by atoms with Gasteiger partial charge in [0.2, 0.25) is 0 Å². The Morgan fingerprint density at radius 3 is 2.50 bits per heavy atom. The van der Waals surface area contributed by atoms with Crippen molar-refractivity contribution in [1.29, 1.82) is 0 Å². The minimum absolute atomic E-state index is 0.0301. The summed E-state index contributed by atoms with van der Waals surface area (Å²) < 4.78 is 31.2. The second-order valence-electron chi connectivity index (χ2n) is 1.62. The highest BCUT2D eigenvalue weighted by atomic mass is 19.3. The maximum absolute atomic E-state index is 11.2. The van der Waals surface area contributed by atoms with Gasteiger partial charge in [0.25, 0.3) is 0 Å². The van der Waals surface area contributed by atoms with Crippen molar-refractivity contribution in [1.82, 2.24) is 0 Å². The van der Waals surface area contributed by atoms with E-state index in [2.05, 4.69) is 4.74 Å². The van der Waals surface area contributed by atoms with Gasteiger partial charge >= 0.3 is 6.61 Å². The third-order valence-electron chi connectivity index (χ3n) is 0.848. The van der Waals surface area contributed by atoms with Crippen LogP contribution in [0.4, 0.5) is 8.78 Å². The van der Waals surface area contributed by atoms with Gasteiger partial charge in [0, 0.05) is 13.2 Å². The molecule has 0 saturated heterocycles. The number of rotatable bonds is 6. The lowest BCUT2D eigenvalue weighted by atomic mass is 10.5. The molecule has 0 rings (SSSR count). The second-order valence-corrected chi connectivity index (χ2v) is 1.62. The van der Waals surface area contributed by atoms with E-state index in [1.54, 1.807) is 0 Å². The van der Waals surface area contributed by atoms with Crippen LogP contribution in [0, 0.1) is 6.61 Å². The first-order valence-electron chi connectivity index (χ1n) is 3.16. The maximum atomic E-state index is 11.2. The highest BCUT2D eigenvalue weighted by Gasteiger charge is 2.03. The van der Waals surface area contributed by atoms with Gasteiger partial charge in [-0.3, -0.25) is 0 Å². The minimum atomic E-state index is -1.98. The van der Waals surface area contributed by atoms with Gasteiger partial charge in [0.05, 0.1) is 6.61 Å². The zero-order chi connectivity index (χ0) is 7.82. The summed E-state index contributed by atoms with van der Waals surface area (Å²) in [6.07, 6.45) is 0.505. The van der Waals surface area contributed by atoms with Crippen molar-refractivity contribution < 1.29 is 18.3 Å². The van der Waals surface area contributed by atoms with Crippen LogP contribution in [0.15, 0.2) is 0 Å². The lowest BCUT2D eigenvalue weighted by molar-refractivity contribution is -0.0264. The molecule has 0 aliphatic heterocycles. The molecule has 0 aliphatic carbocycles. The van der Waals surface area contributed by atoms with Crippen molar-refractivity contribution in [2.24, 2.45) is 0 Å². The first kappa shape index (κ1) is 9.78. The molecule has 0 aromatic rings. The van der Waals surface area contributed by atoms with E-state index >= 15 is 0 Å².